The zero-order chi connectivity index (χ0) is 14.8. The highest BCUT2D eigenvalue weighted by molar-refractivity contribution is 5.90. The average Bonchev–Trinajstić information content (AvgIpc) is 3.18. The van der Waals surface area contributed by atoms with Crippen molar-refractivity contribution in [3.05, 3.63) is 11.7 Å². The number of nitrogens with one attached hydrogen (secondary N) is 1. The molecule has 2 unspecified atom stereocenters. The van der Waals surface area contributed by atoms with Gasteiger partial charge < -0.3 is 19.8 Å². The van der Waals surface area contributed by atoms with E-state index in [1.807, 2.05) is 0 Å². The van der Waals surface area contributed by atoms with Crippen LogP contribution in [0.15, 0.2) is 4.52 Å². The van der Waals surface area contributed by atoms with Gasteiger partial charge in [0.25, 0.3) is 11.7 Å². The second-order valence-electron chi connectivity index (χ2n) is 5.61. The Balaban J connectivity index is 1.62. The molecule has 0 aliphatic carbocycles. The first kappa shape index (κ1) is 14.0. The first-order valence-corrected chi connectivity index (χ1v) is 7.21. The Morgan fingerprint density at radius 2 is 2.29 bits per heavy atom. The molecule has 3 rings (SSSR count). The number of rotatable bonds is 4. The zero-order valence-electron chi connectivity index (χ0n) is 11.6. The molecule has 2 aliphatic heterocycles. The summed E-state index contributed by atoms with van der Waals surface area (Å²) in [5.74, 6) is -0.583. The van der Waals surface area contributed by atoms with Crippen LogP contribution in [0.1, 0.15) is 48.2 Å². The molecule has 0 saturated carbocycles. The molecule has 8 nitrogen and oxygen atoms in total. The smallest absolute Gasteiger partial charge is 0.303 e. The summed E-state index contributed by atoms with van der Waals surface area (Å²) < 4.78 is 5.16. The minimum absolute atomic E-state index is 0.00863. The molecule has 0 radical (unpaired) electrons. The summed E-state index contributed by atoms with van der Waals surface area (Å²) in [5.41, 5.74) is 0. The molecule has 2 atom stereocenters. The summed E-state index contributed by atoms with van der Waals surface area (Å²) in [6.45, 7) is 1.90. The molecule has 1 amide bonds. The Labute approximate surface area is 121 Å². The zero-order valence-corrected chi connectivity index (χ0v) is 11.6. The number of carboxylic acid groups (broad SMARTS) is 1. The third kappa shape index (κ3) is 3.05. The lowest BCUT2D eigenvalue weighted by Crippen LogP contribution is -2.30. The summed E-state index contributed by atoms with van der Waals surface area (Å²) in [5, 5.41) is 15.8. The van der Waals surface area contributed by atoms with Gasteiger partial charge in [0.05, 0.1) is 6.04 Å². The van der Waals surface area contributed by atoms with Crippen molar-refractivity contribution in [1.82, 2.24) is 20.4 Å². The lowest BCUT2D eigenvalue weighted by Gasteiger charge is -2.13. The number of amides is 1. The van der Waals surface area contributed by atoms with Gasteiger partial charge in [0, 0.05) is 19.5 Å². The first-order valence-electron chi connectivity index (χ1n) is 7.21. The minimum Gasteiger partial charge on any atom is -0.481 e. The molecule has 114 valence electrons. The first-order chi connectivity index (χ1) is 10.1. The second kappa shape index (κ2) is 5.80. The second-order valence-corrected chi connectivity index (χ2v) is 5.61. The summed E-state index contributed by atoms with van der Waals surface area (Å²) in [7, 11) is 0. The van der Waals surface area contributed by atoms with Crippen molar-refractivity contribution in [3.8, 4) is 0 Å². The summed E-state index contributed by atoms with van der Waals surface area (Å²) in [6.07, 6.45) is 2.78. The fraction of sp³-hybridized carbons (Fsp3) is 0.692. The molecule has 2 saturated heterocycles. The van der Waals surface area contributed by atoms with E-state index in [1.54, 1.807) is 4.90 Å². The number of nitrogens with zero attached hydrogens (tertiary/aromatic N) is 3. The molecule has 21 heavy (non-hydrogen) atoms. The monoisotopic (exact) mass is 294 g/mol. The minimum atomic E-state index is -0.830. The standard InChI is InChI=1S/C13H18N4O4/c18-10(19)6-8-3-5-17(7-8)13(20)11-15-12(21-16-11)9-2-1-4-14-9/h8-9,14H,1-7H2,(H,18,19). The van der Waals surface area contributed by atoms with Crippen LogP contribution in [-0.2, 0) is 4.79 Å². The van der Waals surface area contributed by atoms with Crippen LogP contribution in [0.5, 0.6) is 0 Å². The van der Waals surface area contributed by atoms with Crippen molar-refractivity contribution in [3.63, 3.8) is 0 Å². The van der Waals surface area contributed by atoms with E-state index in [4.69, 9.17) is 9.63 Å². The van der Waals surface area contributed by atoms with Gasteiger partial charge in [-0.25, -0.2) is 0 Å². The molecule has 2 fully saturated rings. The van der Waals surface area contributed by atoms with Crippen LogP contribution in [-0.4, -0.2) is 51.7 Å². The maximum atomic E-state index is 12.3. The summed E-state index contributed by atoms with van der Waals surface area (Å²) >= 11 is 0. The number of carbonyl (C=O) groups excluding carboxylic acids is 1. The summed E-state index contributed by atoms with van der Waals surface area (Å²) in [4.78, 5) is 28.8. The van der Waals surface area contributed by atoms with Gasteiger partial charge in [-0.15, -0.1) is 0 Å². The Morgan fingerprint density at radius 1 is 1.43 bits per heavy atom. The third-order valence-electron chi connectivity index (χ3n) is 4.03. The van der Waals surface area contributed by atoms with Crippen LogP contribution in [0.4, 0.5) is 0 Å². The van der Waals surface area contributed by atoms with Crippen LogP contribution in [0, 0.1) is 5.92 Å². The molecule has 0 bridgehead atoms. The number of carboxylic acids is 1. The van der Waals surface area contributed by atoms with E-state index >= 15 is 0 Å². The average molecular weight is 294 g/mol. The fourth-order valence-electron chi connectivity index (χ4n) is 2.93. The fourth-order valence-corrected chi connectivity index (χ4v) is 2.93. The Morgan fingerprint density at radius 3 is 3.00 bits per heavy atom. The highest BCUT2D eigenvalue weighted by atomic mass is 16.5. The molecule has 1 aromatic rings. The maximum absolute atomic E-state index is 12.3. The van der Waals surface area contributed by atoms with E-state index in [2.05, 4.69) is 15.5 Å². The van der Waals surface area contributed by atoms with Crippen molar-refractivity contribution in [2.24, 2.45) is 5.92 Å². The Kier molecular flexibility index (Phi) is 3.87. The highest BCUT2D eigenvalue weighted by Gasteiger charge is 2.31. The van der Waals surface area contributed by atoms with Crippen molar-refractivity contribution in [1.29, 1.82) is 0 Å². The van der Waals surface area contributed by atoms with Crippen molar-refractivity contribution in [2.75, 3.05) is 19.6 Å². The van der Waals surface area contributed by atoms with Gasteiger partial charge in [-0.1, -0.05) is 5.16 Å². The van der Waals surface area contributed by atoms with Crippen LogP contribution in [0.2, 0.25) is 0 Å². The van der Waals surface area contributed by atoms with E-state index in [0.717, 1.165) is 19.4 Å². The van der Waals surface area contributed by atoms with Gasteiger partial charge >= 0.3 is 5.97 Å². The molecule has 0 spiro atoms. The molecule has 2 aliphatic rings. The highest BCUT2D eigenvalue weighted by Crippen LogP contribution is 2.23. The molecule has 0 aromatic carbocycles. The molecule has 2 N–H and O–H groups in total. The SMILES string of the molecule is O=C(O)CC1CCN(C(=O)c2noc(C3CCCN3)n2)C1. The van der Waals surface area contributed by atoms with Gasteiger partial charge in [0.2, 0.25) is 5.89 Å². The number of carbonyl (C=O) groups is 2. The largest absolute Gasteiger partial charge is 0.481 e. The van der Waals surface area contributed by atoms with Crippen molar-refractivity contribution < 1.29 is 19.2 Å². The third-order valence-corrected chi connectivity index (χ3v) is 4.03. The van der Waals surface area contributed by atoms with Gasteiger partial charge in [0.1, 0.15) is 0 Å². The van der Waals surface area contributed by atoms with E-state index in [1.165, 1.54) is 0 Å². The lowest BCUT2D eigenvalue weighted by molar-refractivity contribution is -0.138. The molecular weight excluding hydrogens is 276 g/mol. The number of hydrogen-bond donors (Lipinski definition) is 2. The predicted molar refractivity (Wildman–Crippen MR) is 70.5 cm³/mol. The van der Waals surface area contributed by atoms with Crippen molar-refractivity contribution >= 4 is 11.9 Å². The molecule has 3 heterocycles. The Bertz CT molecular complexity index is 538. The summed E-state index contributed by atoms with van der Waals surface area (Å²) in [6, 6.07) is 0.0392. The van der Waals surface area contributed by atoms with Crippen LogP contribution in [0.25, 0.3) is 0 Å². The van der Waals surface area contributed by atoms with Gasteiger partial charge in [-0.05, 0) is 31.7 Å². The topological polar surface area (TPSA) is 109 Å². The lowest BCUT2D eigenvalue weighted by atomic mass is 10.1. The van der Waals surface area contributed by atoms with E-state index < -0.39 is 5.97 Å². The quantitative estimate of drug-likeness (QED) is 0.828. The number of hydrogen-bond acceptors (Lipinski definition) is 6. The van der Waals surface area contributed by atoms with Crippen LogP contribution in [0.3, 0.4) is 0 Å². The van der Waals surface area contributed by atoms with Gasteiger partial charge in [-0.3, -0.25) is 9.59 Å². The Hall–Kier alpha value is -1.96. The number of aromatic nitrogens is 2. The van der Waals surface area contributed by atoms with E-state index in [-0.39, 0.29) is 30.1 Å². The molecule has 1 aromatic heterocycles. The normalized spacial score (nSPS) is 25.4. The predicted octanol–water partition coefficient (Wildman–Crippen LogP) is 0.431. The molecular formula is C13H18N4O4. The van der Waals surface area contributed by atoms with Crippen LogP contribution >= 0.6 is 0 Å². The maximum Gasteiger partial charge on any atom is 0.303 e. The van der Waals surface area contributed by atoms with Gasteiger partial charge in [0.15, 0.2) is 0 Å². The number of aliphatic carboxylic acids is 1. The van der Waals surface area contributed by atoms with E-state index in [9.17, 15) is 9.59 Å². The van der Waals surface area contributed by atoms with Crippen molar-refractivity contribution in [2.45, 2.75) is 31.7 Å². The van der Waals surface area contributed by atoms with Gasteiger partial charge in [-0.2, -0.15) is 4.98 Å². The number of likely N-dealkylation sites (tertiary alicyclic amines) is 1. The molecule has 8 heteroatoms. The van der Waals surface area contributed by atoms with Crippen LogP contribution < -0.4 is 5.32 Å². The van der Waals surface area contributed by atoms with E-state index in [0.29, 0.717) is 25.4 Å².